The molecule has 206 valence electrons. The fraction of sp³-hybridized carbons (Fsp3) is 0.459. The van der Waals surface area contributed by atoms with Gasteiger partial charge in [0.1, 0.15) is 0 Å². The molecule has 0 spiro atoms. The average Bonchev–Trinajstić information content (AvgIpc) is 2.88. The van der Waals surface area contributed by atoms with Gasteiger partial charge in [-0.05, 0) is 94.5 Å². The molecule has 0 nitrogen and oxygen atoms in total. The number of hydrogen-bond donors (Lipinski definition) is 0. The monoisotopic (exact) mass is 502 g/mol. The van der Waals surface area contributed by atoms with Crippen molar-refractivity contribution in [2.24, 2.45) is 0 Å². The second kappa shape index (κ2) is 23.8. The zero-order valence-corrected chi connectivity index (χ0v) is 26.0. The molecule has 0 N–H and O–H groups in total. The van der Waals surface area contributed by atoms with Gasteiger partial charge in [0.2, 0.25) is 0 Å². The van der Waals surface area contributed by atoms with Crippen molar-refractivity contribution < 1.29 is 0 Å². The van der Waals surface area contributed by atoms with Crippen molar-refractivity contribution in [2.75, 3.05) is 0 Å². The molecule has 0 radical (unpaired) electrons. The van der Waals surface area contributed by atoms with E-state index in [0.717, 1.165) is 12.8 Å². The predicted molar refractivity (Wildman–Crippen MR) is 174 cm³/mol. The molecule has 37 heavy (non-hydrogen) atoms. The summed E-state index contributed by atoms with van der Waals surface area (Å²) in [6.07, 6.45) is 14.1. The minimum atomic E-state index is 0.983. The van der Waals surface area contributed by atoms with Crippen LogP contribution in [0, 0.1) is 13.8 Å². The first-order valence-corrected chi connectivity index (χ1v) is 14.5. The minimum absolute atomic E-state index is 0.983. The standard InChI is InChI=1S/C19H28.C14H18.2C2H6/c1-16(2)11-8-6-5-7-9-13-18(4)19-14-10-12-17(3)15-19;1-5-7-13-8-6-9-14(12(13)4)10-11(2)3;2*1-2/h10,12,14-15H,1,4-9,11,13H2,2-3H3;5-9H,2,10H2,1,3-4H3;2*1-2H3/b;7-5-;;. The Labute approximate surface area is 232 Å². The molecule has 0 saturated heterocycles. The van der Waals surface area contributed by atoms with Crippen LogP contribution in [0.15, 0.2) is 79.4 Å². The summed E-state index contributed by atoms with van der Waals surface area (Å²) in [5, 5.41) is 0. The highest BCUT2D eigenvalue weighted by Crippen LogP contribution is 2.21. The molecular weight excluding hydrogens is 444 g/mol. The van der Waals surface area contributed by atoms with Crippen LogP contribution < -0.4 is 0 Å². The van der Waals surface area contributed by atoms with Gasteiger partial charge in [-0.1, -0.05) is 131 Å². The van der Waals surface area contributed by atoms with Gasteiger partial charge in [0.25, 0.3) is 0 Å². The molecule has 2 rings (SSSR count). The summed E-state index contributed by atoms with van der Waals surface area (Å²) in [7, 11) is 0. The zero-order chi connectivity index (χ0) is 28.6. The Hall–Kier alpha value is -2.60. The minimum Gasteiger partial charge on any atom is -0.100 e. The third-order valence-corrected chi connectivity index (χ3v) is 5.83. The van der Waals surface area contributed by atoms with Gasteiger partial charge in [0, 0.05) is 0 Å². The molecule has 2 aromatic carbocycles. The first-order chi connectivity index (χ1) is 17.7. The second-order valence-electron chi connectivity index (χ2n) is 9.46. The van der Waals surface area contributed by atoms with Crippen molar-refractivity contribution >= 4 is 11.6 Å². The maximum atomic E-state index is 4.21. The second-order valence-corrected chi connectivity index (χ2v) is 9.46. The lowest BCUT2D eigenvalue weighted by Crippen LogP contribution is -1.92. The summed E-state index contributed by atoms with van der Waals surface area (Å²) in [6, 6.07) is 15.1. The molecule has 0 heterocycles. The lowest BCUT2D eigenvalue weighted by molar-refractivity contribution is 0.619. The first kappa shape index (κ1) is 36.6. The van der Waals surface area contributed by atoms with Gasteiger partial charge in [-0.2, -0.15) is 0 Å². The summed E-state index contributed by atoms with van der Waals surface area (Å²) >= 11 is 0. The fourth-order valence-electron chi connectivity index (χ4n) is 3.88. The van der Waals surface area contributed by atoms with Gasteiger partial charge >= 0.3 is 0 Å². The van der Waals surface area contributed by atoms with Gasteiger partial charge in [-0.25, -0.2) is 0 Å². The van der Waals surface area contributed by atoms with E-state index in [1.165, 1.54) is 83.1 Å². The summed E-state index contributed by atoms with van der Waals surface area (Å²) in [4.78, 5) is 0. The highest BCUT2D eigenvalue weighted by Gasteiger charge is 2.01. The van der Waals surface area contributed by atoms with Crippen LogP contribution in [-0.4, -0.2) is 0 Å². The number of allylic oxidation sites excluding steroid dienone is 4. The molecule has 0 unspecified atom stereocenters. The maximum Gasteiger partial charge on any atom is -0.00697 e. The first-order valence-electron chi connectivity index (χ1n) is 14.5. The van der Waals surface area contributed by atoms with Gasteiger partial charge in [-0.3, -0.25) is 0 Å². The van der Waals surface area contributed by atoms with E-state index in [2.05, 4.69) is 102 Å². The Kier molecular flexibility index (Phi) is 23.5. The van der Waals surface area contributed by atoms with Crippen molar-refractivity contribution in [2.45, 2.75) is 114 Å². The van der Waals surface area contributed by atoms with Crippen LogP contribution in [0.25, 0.3) is 11.6 Å². The maximum absolute atomic E-state index is 4.21. The van der Waals surface area contributed by atoms with E-state index < -0.39 is 0 Å². The quantitative estimate of drug-likeness (QED) is 0.200. The van der Waals surface area contributed by atoms with Crippen LogP contribution >= 0.6 is 0 Å². The molecule has 0 aliphatic rings. The van der Waals surface area contributed by atoms with E-state index in [1.54, 1.807) is 0 Å². The molecular formula is C37H58. The van der Waals surface area contributed by atoms with Crippen LogP contribution in [0.5, 0.6) is 0 Å². The van der Waals surface area contributed by atoms with Crippen molar-refractivity contribution in [3.63, 3.8) is 0 Å². The topological polar surface area (TPSA) is 0 Å². The molecule has 0 fully saturated rings. The number of unbranched alkanes of at least 4 members (excludes halogenated alkanes) is 4. The third kappa shape index (κ3) is 18.3. The van der Waals surface area contributed by atoms with E-state index in [-0.39, 0.29) is 0 Å². The molecule has 0 atom stereocenters. The van der Waals surface area contributed by atoms with Crippen molar-refractivity contribution in [3.05, 3.63) is 107 Å². The van der Waals surface area contributed by atoms with E-state index >= 15 is 0 Å². The van der Waals surface area contributed by atoms with Crippen molar-refractivity contribution in [1.29, 1.82) is 0 Å². The third-order valence-electron chi connectivity index (χ3n) is 5.83. The average molecular weight is 503 g/mol. The Morgan fingerprint density at radius 3 is 1.84 bits per heavy atom. The Balaban J connectivity index is 0. The zero-order valence-electron chi connectivity index (χ0n) is 26.0. The summed E-state index contributed by atoms with van der Waals surface area (Å²) < 4.78 is 0. The summed E-state index contributed by atoms with van der Waals surface area (Å²) in [5.74, 6) is 0. The smallest absolute Gasteiger partial charge is 0.00697 e. The Bertz CT molecular complexity index is 923. The molecule has 0 bridgehead atoms. The Morgan fingerprint density at radius 2 is 1.30 bits per heavy atom. The van der Waals surface area contributed by atoms with Gasteiger partial charge in [0.05, 0.1) is 0 Å². The highest BCUT2D eigenvalue weighted by molar-refractivity contribution is 5.63. The molecule has 0 heteroatoms. The molecule has 2 aromatic rings. The predicted octanol–water partition coefficient (Wildman–Crippen LogP) is 12.5. The van der Waals surface area contributed by atoms with Crippen molar-refractivity contribution in [3.8, 4) is 0 Å². The largest absolute Gasteiger partial charge is 0.100 e. The van der Waals surface area contributed by atoms with E-state index in [4.69, 9.17) is 0 Å². The van der Waals surface area contributed by atoms with Crippen LogP contribution in [0.1, 0.15) is 121 Å². The van der Waals surface area contributed by atoms with Crippen LogP contribution in [0.3, 0.4) is 0 Å². The lowest BCUT2D eigenvalue weighted by Gasteiger charge is -2.08. The van der Waals surface area contributed by atoms with E-state index in [0.29, 0.717) is 0 Å². The SMILES string of the molecule is C=C(C)CCCCCCCC(=C)c1cccc(C)c1.C=C(C)Cc1cccc(/C=C\C)c1C.CC.CC. The number of hydrogen-bond acceptors (Lipinski definition) is 0. The normalized spacial score (nSPS) is 9.76. The lowest BCUT2D eigenvalue weighted by atomic mass is 9.97. The van der Waals surface area contributed by atoms with E-state index in [1.807, 2.05) is 34.6 Å². The molecule has 0 aliphatic carbocycles. The van der Waals surface area contributed by atoms with Crippen LogP contribution in [0.2, 0.25) is 0 Å². The fourth-order valence-corrected chi connectivity index (χ4v) is 3.88. The molecule has 0 aromatic heterocycles. The van der Waals surface area contributed by atoms with Crippen LogP contribution in [-0.2, 0) is 6.42 Å². The number of benzene rings is 2. The Morgan fingerprint density at radius 1 is 0.730 bits per heavy atom. The van der Waals surface area contributed by atoms with Crippen molar-refractivity contribution in [1.82, 2.24) is 0 Å². The van der Waals surface area contributed by atoms with E-state index in [9.17, 15) is 0 Å². The van der Waals surface area contributed by atoms with Gasteiger partial charge in [-0.15, -0.1) is 6.58 Å². The summed E-state index contributed by atoms with van der Waals surface area (Å²) in [6.45, 7) is 30.6. The van der Waals surface area contributed by atoms with Gasteiger partial charge in [0.15, 0.2) is 0 Å². The number of aryl methyl sites for hydroxylation is 1. The summed E-state index contributed by atoms with van der Waals surface area (Å²) in [5.41, 5.74) is 10.5. The number of rotatable bonds is 12. The molecule has 0 amide bonds. The van der Waals surface area contributed by atoms with Crippen LogP contribution in [0.4, 0.5) is 0 Å². The van der Waals surface area contributed by atoms with Gasteiger partial charge < -0.3 is 0 Å². The molecule has 0 saturated carbocycles. The molecule has 0 aliphatic heterocycles. The highest BCUT2D eigenvalue weighted by atomic mass is 14.1.